The molecule has 4 heterocycles. The molecular weight excluding hydrogens is 406 g/mol. The van der Waals surface area contributed by atoms with Crippen molar-refractivity contribution >= 4 is 28.1 Å². The van der Waals surface area contributed by atoms with E-state index in [2.05, 4.69) is 27.3 Å². The smallest absolute Gasteiger partial charge is 0.258 e. The average Bonchev–Trinajstić information content (AvgIpc) is 3.48. The minimum Gasteiger partial charge on any atom is -0.461 e. The number of fused-ring (bicyclic) bond motifs is 1. The summed E-state index contributed by atoms with van der Waals surface area (Å²) < 4.78 is 9.11. The summed E-state index contributed by atoms with van der Waals surface area (Å²) in [5.41, 5.74) is 1.78. The molecule has 0 saturated carbocycles. The van der Waals surface area contributed by atoms with Crippen molar-refractivity contribution in [2.24, 2.45) is 0 Å². The van der Waals surface area contributed by atoms with Gasteiger partial charge >= 0.3 is 0 Å². The Morgan fingerprint density at radius 3 is 2.83 bits per heavy atom. The second kappa shape index (κ2) is 7.69. The van der Waals surface area contributed by atoms with E-state index in [1.807, 2.05) is 40.3 Å². The van der Waals surface area contributed by atoms with Crippen LogP contribution in [-0.2, 0) is 12.3 Å². The van der Waals surface area contributed by atoms with Crippen LogP contribution in [0.5, 0.6) is 0 Å². The van der Waals surface area contributed by atoms with E-state index in [0.717, 1.165) is 16.4 Å². The number of hydrogen-bond acceptors (Lipinski definition) is 7. The molecule has 0 saturated heterocycles. The quantitative estimate of drug-likeness (QED) is 0.386. The highest BCUT2D eigenvalue weighted by Crippen LogP contribution is 2.27. The van der Waals surface area contributed by atoms with Crippen molar-refractivity contribution in [1.82, 2.24) is 24.1 Å². The average molecular weight is 422 g/mol. The fraction of sp³-hybridized carbons (Fsp3) is 0.100. The zero-order valence-electron chi connectivity index (χ0n) is 15.1. The van der Waals surface area contributed by atoms with Crippen molar-refractivity contribution in [1.29, 1.82) is 0 Å². The van der Waals surface area contributed by atoms with Crippen LogP contribution in [0.1, 0.15) is 11.3 Å². The van der Waals surface area contributed by atoms with Gasteiger partial charge in [-0.15, -0.1) is 21.5 Å². The highest BCUT2D eigenvalue weighted by molar-refractivity contribution is 7.98. The fourth-order valence-corrected chi connectivity index (χ4v) is 4.56. The van der Waals surface area contributed by atoms with Gasteiger partial charge in [-0.25, -0.2) is 4.98 Å². The second-order valence-corrected chi connectivity index (χ2v) is 8.10. The molecule has 144 valence electrons. The van der Waals surface area contributed by atoms with Gasteiger partial charge in [0, 0.05) is 23.4 Å². The molecule has 0 amide bonds. The summed E-state index contributed by atoms with van der Waals surface area (Å²) in [4.78, 5) is 17.5. The standard InChI is InChI=1S/C20H15N5O2S2/c26-17-11-15(21-19-24(17)8-10-28-19)13-29-20-23-22-18(16-7-4-9-27-16)25(20)12-14-5-2-1-3-6-14/h1-11H,12-13H2. The number of benzene rings is 1. The number of furan rings is 1. The third kappa shape index (κ3) is 3.62. The SMILES string of the molecule is O=c1cc(CSc2nnc(-c3ccco3)n2Cc2ccccc2)nc2sccn12. The first kappa shape index (κ1) is 17.9. The molecule has 0 radical (unpaired) electrons. The molecule has 0 N–H and O–H groups in total. The normalized spacial score (nSPS) is 11.3. The lowest BCUT2D eigenvalue weighted by Gasteiger charge is -2.09. The first-order chi connectivity index (χ1) is 14.3. The molecule has 0 aliphatic rings. The van der Waals surface area contributed by atoms with Gasteiger partial charge in [0.05, 0.1) is 18.5 Å². The Morgan fingerprint density at radius 2 is 2.00 bits per heavy atom. The first-order valence-corrected chi connectivity index (χ1v) is 10.7. The Hall–Kier alpha value is -3.17. The third-order valence-corrected chi connectivity index (χ3v) is 6.10. The Labute approximate surface area is 173 Å². The van der Waals surface area contributed by atoms with Gasteiger partial charge in [0.15, 0.2) is 15.9 Å². The lowest BCUT2D eigenvalue weighted by atomic mass is 10.2. The van der Waals surface area contributed by atoms with Crippen LogP contribution < -0.4 is 5.56 Å². The lowest BCUT2D eigenvalue weighted by molar-refractivity contribution is 0.569. The van der Waals surface area contributed by atoms with Crippen molar-refractivity contribution in [3.05, 3.63) is 88.0 Å². The van der Waals surface area contributed by atoms with Crippen molar-refractivity contribution < 1.29 is 4.42 Å². The molecule has 0 fully saturated rings. The van der Waals surface area contributed by atoms with Crippen LogP contribution in [0.25, 0.3) is 16.5 Å². The van der Waals surface area contributed by atoms with Crippen molar-refractivity contribution in [2.45, 2.75) is 17.5 Å². The molecule has 0 unspecified atom stereocenters. The molecular formula is C20H15N5O2S2. The van der Waals surface area contributed by atoms with Gasteiger partial charge in [0.1, 0.15) is 0 Å². The zero-order chi connectivity index (χ0) is 19.6. The monoisotopic (exact) mass is 421 g/mol. The van der Waals surface area contributed by atoms with Crippen LogP contribution in [0.15, 0.2) is 80.7 Å². The maximum absolute atomic E-state index is 12.2. The number of rotatable bonds is 6. The van der Waals surface area contributed by atoms with Crippen molar-refractivity contribution in [3.63, 3.8) is 0 Å². The molecule has 5 rings (SSSR count). The molecule has 1 aromatic carbocycles. The van der Waals surface area contributed by atoms with E-state index in [9.17, 15) is 4.79 Å². The molecule has 7 nitrogen and oxygen atoms in total. The molecule has 0 atom stereocenters. The molecule has 5 aromatic rings. The largest absolute Gasteiger partial charge is 0.461 e. The van der Waals surface area contributed by atoms with E-state index in [1.165, 1.54) is 23.1 Å². The van der Waals surface area contributed by atoms with Crippen LogP contribution >= 0.6 is 23.1 Å². The maximum atomic E-state index is 12.2. The van der Waals surface area contributed by atoms with Crippen molar-refractivity contribution in [2.75, 3.05) is 0 Å². The van der Waals surface area contributed by atoms with Gasteiger partial charge in [-0.3, -0.25) is 13.8 Å². The maximum Gasteiger partial charge on any atom is 0.258 e. The van der Waals surface area contributed by atoms with E-state index in [-0.39, 0.29) is 5.56 Å². The summed E-state index contributed by atoms with van der Waals surface area (Å²) in [5, 5.41) is 11.3. The molecule has 0 spiro atoms. The lowest BCUT2D eigenvalue weighted by Crippen LogP contribution is -2.12. The van der Waals surface area contributed by atoms with Gasteiger partial charge in [0.25, 0.3) is 5.56 Å². The summed E-state index contributed by atoms with van der Waals surface area (Å²) in [6, 6.07) is 15.4. The minimum absolute atomic E-state index is 0.0751. The third-order valence-electron chi connectivity index (χ3n) is 4.35. The number of thiazole rings is 1. The Balaban J connectivity index is 1.46. The van der Waals surface area contributed by atoms with Crippen LogP contribution in [0.3, 0.4) is 0 Å². The predicted octanol–water partition coefficient (Wildman–Crippen LogP) is 3.95. The van der Waals surface area contributed by atoms with Gasteiger partial charge in [-0.1, -0.05) is 42.1 Å². The number of hydrogen-bond donors (Lipinski definition) is 0. The van der Waals surface area contributed by atoms with Crippen LogP contribution in [0, 0.1) is 0 Å². The molecule has 0 bridgehead atoms. The van der Waals surface area contributed by atoms with Crippen LogP contribution in [0.2, 0.25) is 0 Å². The van der Waals surface area contributed by atoms with E-state index in [0.29, 0.717) is 28.8 Å². The Bertz CT molecular complexity index is 1310. The van der Waals surface area contributed by atoms with Gasteiger partial charge < -0.3 is 4.42 Å². The van der Waals surface area contributed by atoms with E-state index >= 15 is 0 Å². The topological polar surface area (TPSA) is 78.2 Å². The van der Waals surface area contributed by atoms with Crippen LogP contribution in [0.4, 0.5) is 0 Å². The van der Waals surface area contributed by atoms with E-state index < -0.39 is 0 Å². The predicted molar refractivity (Wildman–Crippen MR) is 112 cm³/mol. The highest BCUT2D eigenvalue weighted by Gasteiger charge is 2.17. The van der Waals surface area contributed by atoms with Crippen LogP contribution in [-0.4, -0.2) is 24.1 Å². The Morgan fingerprint density at radius 1 is 1.10 bits per heavy atom. The molecule has 0 aliphatic carbocycles. The first-order valence-electron chi connectivity index (χ1n) is 8.87. The summed E-state index contributed by atoms with van der Waals surface area (Å²) in [7, 11) is 0. The number of thioether (sulfide) groups is 1. The van der Waals surface area contributed by atoms with Gasteiger partial charge in [-0.2, -0.15) is 0 Å². The molecule has 29 heavy (non-hydrogen) atoms. The Kier molecular flexibility index (Phi) is 4.74. The van der Waals surface area contributed by atoms with E-state index in [4.69, 9.17) is 4.42 Å². The second-order valence-electron chi connectivity index (χ2n) is 6.29. The minimum atomic E-state index is -0.0751. The summed E-state index contributed by atoms with van der Waals surface area (Å²) >= 11 is 2.94. The molecule has 0 aliphatic heterocycles. The summed E-state index contributed by atoms with van der Waals surface area (Å²) in [6.45, 7) is 0.617. The van der Waals surface area contributed by atoms with Crippen molar-refractivity contribution in [3.8, 4) is 11.6 Å². The summed E-state index contributed by atoms with van der Waals surface area (Å²) in [6.07, 6.45) is 3.36. The fourth-order valence-electron chi connectivity index (χ4n) is 2.99. The number of nitrogens with zero attached hydrogens (tertiary/aromatic N) is 5. The van der Waals surface area contributed by atoms with E-state index in [1.54, 1.807) is 22.9 Å². The molecule has 4 aromatic heterocycles. The zero-order valence-corrected chi connectivity index (χ0v) is 16.8. The van der Waals surface area contributed by atoms with Gasteiger partial charge in [-0.05, 0) is 17.7 Å². The molecule has 9 heteroatoms. The van der Waals surface area contributed by atoms with Gasteiger partial charge in [0.2, 0.25) is 5.82 Å². The summed E-state index contributed by atoms with van der Waals surface area (Å²) in [5.74, 6) is 1.86. The number of aromatic nitrogens is 5. The highest BCUT2D eigenvalue weighted by atomic mass is 32.2.